The molecule has 7 nitrogen and oxygen atoms in total. The highest BCUT2D eigenvalue weighted by Crippen LogP contribution is 2.12. The molecule has 136 valence electrons. The van der Waals surface area contributed by atoms with Crippen LogP contribution >= 0.6 is 0 Å². The molecule has 0 saturated carbocycles. The third kappa shape index (κ3) is 7.37. The lowest BCUT2D eigenvalue weighted by molar-refractivity contribution is -0.124. The Kier molecular flexibility index (Phi) is 8.67. The van der Waals surface area contributed by atoms with Crippen LogP contribution in [0.15, 0.2) is 29.2 Å². The number of amides is 1. The SMILES string of the molecule is C#CCNS(=O)(=O)c1cccc(C(=O)OCC(=O)NCCCCC)c1. The summed E-state index contributed by atoms with van der Waals surface area (Å²) in [6, 6.07) is 5.31. The monoisotopic (exact) mass is 366 g/mol. The Balaban J connectivity index is 2.61. The van der Waals surface area contributed by atoms with Gasteiger partial charge in [0.2, 0.25) is 10.0 Å². The van der Waals surface area contributed by atoms with E-state index in [0.717, 1.165) is 19.3 Å². The Hall–Kier alpha value is -2.37. The zero-order valence-corrected chi connectivity index (χ0v) is 14.9. The number of terminal acetylenes is 1. The predicted octanol–water partition coefficient (Wildman–Crippen LogP) is 1.06. The molecule has 0 aliphatic heterocycles. The first-order valence-corrected chi connectivity index (χ1v) is 9.36. The average Bonchev–Trinajstić information content (AvgIpc) is 2.61. The van der Waals surface area contributed by atoms with Gasteiger partial charge < -0.3 is 10.1 Å². The van der Waals surface area contributed by atoms with Crippen molar-refractivity contribution in [3.63, 3.8) is 0 Å². The highest BCUT2D eigenvalue weighted by atomic mass is 32.2. The van der Waals surface area contributed by atoms with E-state index in [1.54, 1.807) is 0 Å². The van der Waals surface area contributed by atoms with E-state index >= 15 is 0 Å². The number of ether oxygens (including phenoxy) is 1. The van der Waals surface area contributed by atoms with Crippen LogP contribution in [0.25, 0.3) is 0 Å². The minimum atomic E-state index is -3.81. The first-order chi connectivity index (χ1) is 11.9. The molecule has 0 aliphatic carbocycles. The lowest BCUT2D eigenvalue weighted by Gasteiger charge is -2.08. The van der Waals surface area contributed by atoms with Gasteiger partial charge in [0.25, 0.3) is 5.91 Å². The van der Waals surface area contributed by atoms with E-state index < -0.39 is 28.5 Å². The second-order valence-corrected chi connectivity index (χ2v) is 6.96. The fourth-order valence-electron chi connectivity index (χ4n) is 1.88. The van der Waals surface area contributed by atoms with Gasteiger partial charge in [-0.25, -0.2) is 13.2 Å². The molecule has 1 aromatic carbocycles. The third-order valence-electron chi connectivity index (χ3n) is 3.18. The summed E-state index contributed by atoms with van der Waals surface area (Å²) >= 11 is 0. The van der Waals surface area contributed by atoms with Crippen molar-refractivity contribution in [1.29, 1.82) is 0 Å². The fourth-order valence-corrected chi connectivity index (χ4v) is 2.86. The van der Waals surface area contributed by atoms with Gasteiger partial charge in [-0.15, -0.1) is 6.42 Å². The molecular weight excluding hydrogens is 344 g/mol. The summed E-state index contributed by atoms with van der Waals surface area (Å²) in [5.74, 6) is 0.983. The summed E-state index contributed by atoms with van der Waals surface area (Å²) < 4.78 is 31.1. The van der Waals surface area contributed by atoms with Gasteiger partial charge in [0, 0.05) is 6.54 Å². The molecule has 25 heavy (non-hydrogen) atoms. The smallest absolute Gasteiger partial charge is 0.338 e. The van der Waals surface area contributed by atoms with Crippen molar-refractivity contribution < 1.29 is 22.7 Å². The zero-order chi connectivity index (χ0) is 18.7. The van der Waals surface area contributed by atoms with Gasteiger partial charge >= 0.3 is 5.97 Å². The molecule has 0 aromatic heterocycles. The van der Waals surface area contributed by atoms with Crippen molar-refractivity contribution in [2.24, 2.45) is 0 Å². The second kappa shape index (κ2) is 10.5. The molecule has 1 rings (SSSR count). The Morgan fingerprint density at radius 1 is 1.28 bits per heavy atom. The number of esters is 1. The number of nitrogens with one attached hydrogen (secondary N) is 2. The molecule has 2 N–H and O–H groups in total. The van der Waals surface area contributed by atoms with E-state index in [1.807, 2.05) is 0 Å². The normalized spacial score (nSPS) is 10.7. The minimum absolute atomic E-state index is 0.0300. The lowest BCUT2D eigenvalue weighted by atomic mass is 10.2. The van der Waals surface area contributed by atoms with Crippen LogP contribution in [0.3, 0.4) is 0 Å². The van der Waals surface area contributed by atoms with Crippen molar-refractivity contribution in [2.75, 3.05) is 19.7 Å². The molecule has 0 spiro atoms. The largest absolute Gasteiger partial charge is 0.452 e. The van der Waals surface area contributed by atoms with Crippen molar-refractivity contribution >= 4 is 21.9 Å². The first-order valence-electron chi connectivity index (χ1n) is 7.87. The Morgan fingerprint density at radius 3 is 2.72 bits per heavy atom. The maximum Gasteiger partial charge on any atom is 0.338 e. The summed E-state index contributed by atoms with van der Waals surface area (Å²) in [6.07, 6.45) is 7.94. The van der Waals surface area contributed by atoms with E-state index in [4.69, 9.17) is 11.2 Å². The highest BCUT2D eigenvalue weighted by Gasteiger charge is 2.16. The van der Waals surface area contributed by atoms with Crippen LogP contribution < -0.4 is 10.0 Å². The molecule has 0 fully saturated rings. The quantitative estimate of drug-likeness (QED) is 0.366. The lowest BCUT2D eigenvalue weighted by Crippen LogP contribution is -2.29. The molecule has 0 atom stereocenters. The van der Waals surface area contributed by atoms with Crippen LogP contribution in [-0.2, 0) is 19.6 Å². The predicted molar refractivity (Wildman–Crippen MR) is 93.3 cm³/mol. The molecule has 8 heteroatoms. The number of hydrogen-bond donors (Lipinski definition) is 2. The Morgan fingerprint density at radius 2 is 2.04 bits per heavy atom. The molecule has 1 aromatic rings. The summed E-state index contributed by atoms with van der Waals surface area (Å²) in [4.78, 5) is 23.4. The van der Waals surface area contributed by atoms with Crippen LogP contribution in [0.5, 0.6) is 0 Å². The second-order valence-electron chi connectivity index (χ2n) is 5.19. The van der Waals surface area contributed by atoms with Gasteiger partial charge in [0.05, 0.1) is 17.0 Å². The standard InChI is InChI=1S/C17H22N2O5S/c1-3-5-6-11-18-16(20)13-24-17(21)14-8-7-9-15(12-14)25(22,23)19-10-4-2/h2,7-9,12,19H,3,5-6,10-11,13H2,1H3,(H,18,20). The Labute approximate surface area is 148 Å². The van der Waals surface area contributed by atoms with Gasteiger partial charge in [-0.05, 0) is 24.6 Å². The van der Waals surface area contributed by atoms with Crippen LogP contribution in [-0.4, -0.2) is 40.0 Å². The Bertz CT molecular complexity index is 738. The van der Waals surface area contributed by atoms with Crippen LogP contribution in [0, 0.1) is 12.3 Å². The molecule has 0 bridgehead atoms. The summed E-state index contributed by atoms with van der Waals surface area (Å²) in [7, 11) is -3.81. The van der Waals surface area contributed by atoms with E-state index in [2.05, 4.69) is 22.9 Å². The maximum atomic E-state index is 12.0. The number of unbranched alkanes of at least 4 members (excludes halogenated alkanes) is 2. The van der Waals surface area contributed by atoms with Gasteiger partial charge in [0.1, 0.15) is 0 Å². The van der Waals surface area contributed by atoms with Crippen LogP contribution in [0.4, 0.5) is 0 Å². The number of carbonyl (C=O) groups excluding carboxylic acids is 2. The van der Waals surface area contributed by atoms with Gasteiger partial charge in [-0.1, -0.05) is 31.8 Å². The van der Waals surface area contributed by atoms with E-state index in [0.29, 0.717) is 6.54 Å². The number of benzene rings is 1. The molecule has 0 saturated heterocycles. The zero-order valence-electron chi connectivity index (χ0n) is 14.1. The maximum absolute atomic E-state index is 12.0. The first kappa shape index (κ1) is 20.7. The van der Waals surface area contributed by atoms with Crippen molar-refractivity contribution in [2.45, 2.75) is 31.1 Å². The third-order valence-corrected chi connectivity index (χ3v) is 4.58. The van der Waals surface area contributed by atoms with E-state index in [9.17, 15) is 18.0 Å². The molecule has 0 heterocycles. The van der Waals surface area contributed by atoms with Crippen molar-refractivity contribution in [3.05, 3.63) is 29.8 Å². The number of hydrogen-bond acceptors (Lipinski definition) is 5. The van der Waals surface area contributed by atoms with Crippen LogP contribution in [0.2, 0.25) is 0 Å². The van der Waals surface area contributed by atoms with E-state index in [-0.39, 0.29) is 17.0 Å². The summed E-state index contributed by atoms with van der Waals surface area (Å²) in [5.41, 5.74) is 0.0300. The molecular formula is C17H22N2O5S. The van der Waals surface area contributed by atoms with Crippen molar-refractivity contribution in [3.8, 4) is 12.3 Å². The molecule has 0 aliphatic rings. The van der Waals surface area contributed by atoms with E-state index in [1.165, 1.54) is 24.3 Å². The minimum Gasteiger partial charge on any atom is -0.452 e. The molecule has 0 unspecified atom stereocenters. The molecule has 0 radical (unpaired) electrons. The molecule has 1 amide bonds. The highest BCUT2D eigenvalue weighted by molar-refractivity contribution is 7.89. The number of sulfonamides is 1. The average molecular weight is 366 g/mol. The van der Waals surface area contributed by atoms with Gasteiger partial charge in [-0.3, -0.25) is 4.79 Å². The van der Waals surface area contributed by atoms with Crippen molar-refractivity contribution in [1.82, 2.24) is 10.0 Å². The number of carbonyl (C=O) groups is 2. The summed E-state index contributed by atoms with van der Waals surface area (Å²) in [5, 5.41) is 2.64. The van der Waals surface area contributed by atoms with Gasteiger partial charge in [0.15, 0.2) is 6.61 Å². The summed E-state index contributed by atoms with van der Waals surface area (Å²) in [6.45, 7) is 2.01. The van der Waals surface area contributed by atoms with Gasteiger partial charge in [-0.2, -0.15) is 4.72 Å². The topological polar surface area (TPSA) is 102 Å². The fraction of sp³-hybridized carbons (Fsp3) is 0.412. The van der Waals surface area contributed by atoms with Crippen LogP contribution in [0.1, 0.15) is 36.5 Å². The number of rotatable bonds is 10.